The van der Waals surface area contributed by atoms with E-state index in [2.05, 4.69) is 23.8 Å². The molecule has 0 aliphatic heterocycles. The summed E-state index contributed by atoms with van der Waals surface area (Å²) >= 11 is 1.68. The average molecular weight is 211 g/mol. The van der Waals surface area contributed by atoms with Crippen LogP contribution in [0.3, 0.4) is 0 Å². The molecule has 1 rings (SSSR count). The molecule has 3 heteroatoms. The average Bonchev–Trinajstić information content (AvgIpc) is 2.68. The van der Waals surface area contributed by atoms with Gasteiger partial charge in [-0.15, -0.1) is 0 Å². The Labute approximate surface area is 89.5 Å². The van der Waals surface area contributed by atoms with Crippen molar-refractivity contribution in [3.05, 3.63) is 22.4 Å². The van der Waals surface area contributed by atoms with Crippen molar-refractivity contribution in [3.63, 3.8) is 0 Å². The Morgan fingerprint density at radius 3 is 2.79 bits per heavy atom. The Kier molecular flexibility index (Phi) is 4.66. The molecule has 1 aromatic rings. The fraction of sp³-hybridized carbons (Fsp3) is 0.545. The molecule has 0 fully saturated rings. The van der Waals surface area contributed by atoms with Crippen LogP contribution in [-0.4, -0.2) is 17.4 Å². The second-order valence-corrected chi connectivity index (χ2v) is 4.08. The van der Waals surface area contributed by atoms with Gasteiger partial charge in [0.1, 0.15) is 0 Å². The van der Waals surface area contributed by atoms with E-state index in [4.69, 9.17) is 0 Å². The van der Waals surface area contributed by atoms with E-state index < -0.39 is 0 Å². The Bertz CT molecular complexity index is 269. The minimum atomic E-state index is 0.248. The van der Waals surface area contributed by atoms with Crippen LogP contribution in [-0.2, 0) is 11.3 Å². The van der Waals surface area contributed by atoms with Crippen LogP contribution in [0.2, 0.25) is 0 Å². The van der Waals surface area contributed by atoms with Crippen molar-refractivity contribution >= 4 is 17.2 Å². The van der Waals surface area contributed by atoms with Crippen molar-refractivity contribution in [2.45, 2.75) is 33.2 Å². The van der Waals surface area contributed by atoms with Crippen LogP contribution in [0.5, 0.6) is 0 Å². The lowest BCUT2D eigenvalue weighted by molar-refractivity contribution is -0.131. The number of hydrogen-bond acceptors (Lipinski definition) is 2. The lowest BCUT2D eigenvalue weighted by atomic mass is 10.2. The van der Waals surface area contributed by atoms with Crippen molar-refractivity contribution in [2.75, 3.05) is 6.54 Å². The van der Waals surface area contributed by atoms with E-state index in [1.165, 1.54) is 5.56 Å². The van der Waals surface area contributed by atoms with E-state index in [9.17, 15) is 4.79 Å². The highest BCUT2D eigenvalue weighted by Crippen LogP contribution is 2.10. The Hall–Kier alpha value is -0.830. The van der Waals surface area contributed by atoms with Gasteiger partial charge in [0, 0.05) is 19.5 Å². The number of hydrogen-bond donors (Lipinski definition) is 0. The summed E-state index contributed by atoms with van der Waals surface area (Å²) in [7, 11) is 0. The lowest BCUT2D eigenvalue weighted by Crippen LogP contribution is -2.30. The summed E-state index contributed by atoms with van der Waals surface area (Å²) in [5, 5.41) is 4.15. The Morgan fingerprint density at radius 2 is 2.29 bits per heavy atom. The van der Waals surface area contributed by atoms with E-state index in [0.29, 0.717) is 6.42 Å². The Balaban J connectivity index is 2.55. The zero-order chi connectivity index (χ0) is 10.4. The van der Waals surface area contributed by atoms with Gasteiger partial charge in [-0.2, -0.15) is 11.3 Å². The highest BCUT2D eigenvalue weighted by molar-refractivity contribution is 7.07. The molecular weight excluding hydrogens is 194 g/mol. The highest BCUT2D eigenvalue weighted by Gasteiger charge is 2.10. The van der Waals surface area contributed by atoms with Crippen molar-refractivity contribution in [3.8, 4) is 0 Å². The summed E-state index contributed by atoms with van der Waals surface area (Å²) in [4.78, 5) is 13.5. The van der Waals surface area contributed by atoms with Gasteiger partial charge in [-0.3, -0.25) is 4.79 Å². The van der Waals surface area contributed by atoms with E-state index in [1.54, 1.807) is 11.3 Å². The summed E-state index contributed by atoms with van der Waals surface area (Å²) in [5.41, 5.74) is 1.24. The zero-order valence-corrected chi connectivity index (χ0v) is 9.64. The predicted molar refractivity (Wildman–Crippen MR) is 60.3 cm³/mol. The molecule has 0 aromatic carbocycles. The van der Waals surface area contributed by atoms with Gasteiger partial charge in [0.15, 0.2) is 0 Å². The third kappa shape index (κ3) is 3.14. The number of carbonyl (C=O) groups excluding carboxylic acids is 1. The van der Waals surface area contributed by atoms with Gasteiger partial charge in [-0.25, -0.2) is 0 Å². The molecular formula is C11H17NOS. The van der Waals surface area contributed by atoms with Crippen LogP contribution >= 0.6 is 11.3 Å². The van der Waals surface area contributed by atoms with Crippen LogP contribution in [0.25, 0.3) is 0 Å². The highest BCUT2D eigenvalue weighted by atomic mass is 32.1. The largest absolute Gasteiger partial charge is 0.338 e. The maximum atomic E-state index is 11.6. The van der Waals surface area contributed by atoms with E-state index in [-0.39, 0.29) is 5.91 Å². The molecule has 0 spiro atoms. The molecule has 0 atom stereocenters. The van der Waals surface area contributed by atoms with Gasteiger partial charge in [0.2, 0.25) is 5.91 Å². The minimum Gasteiger partial charge on any atom is -0.338 e. The third-order valence-corrected chi connectivity index (χ3v) is 2.83. The van der Waals surface area contributed by atoms with Crippen LogP contribution in [0.1, 0.15) is 32.3 Å². The molecule has 0 aliphatic carbocycles. The quantitative estimate of drug-likeness (QED) is 0.733. The van der Waals surface area contributed by atoms with Gasteiger partial charge < -0.3 is 4.90 Å². The first kappa shape index (κ1) is 11.2. The monoisotopic (exact) mass is 211 g/mol. The summed E-state index contributed by atoms with van der Waals surface area (Å²) in [6.45, 7) is 5.65. The van der Waals surface area contributed by atoms with Gasteiger partial charge in [0.25, 0.3) is 0 Å². The maximum absolute atomic E-state index is 11.6. The molecule has 0 N–H and O–H groups in total. The fourth-order valence-electron chi connectivity index (χ4n) is 1.39. The Morgan fingerprint density at radius 1 is 1.50 bits per heavy atom. The van der Waals surface area contributed by atoms with Gasteiger partial charge >= 0.3 is 0 Å². The first-order chi connectivity index (χ1) is 6.77. The summed E-state index contributed by atoms with van der Waals surface area (Å²) < 4.78 is 0. The van der Waals surface area contributed by atoms with Crippen molar-refractivity contribution in [1.29, 1.82) is 0 Å². The SMILES string of the molecule is CCCN(Cc1ccsc1)C(=O)CC. The molecule has 0 saturated carbocycles. The van der Waals surface area contributed by atoms with Crippen molar-refractivity contribution < 1.29 is 4.79 Å². The summed E-state index contributed by atoms with van der Waals surface area (Å²) in [6, 6.07) is 2.08. The smallest absolute Gasteiger partial charge is 0.222 e. The first-order valence-electron chi connectivity index (χ1n) is 5.06. The molecule has 1 amide bonds. The number of carbonyl (C=O) groups is 1. The second-order valence-electron chi connectivity index (χ2n) is 3.30. The molecule has 0 radical (unpaired) electrons. The summed E-state index contributed by atoms with van der Waals surface area (Å²) in [6.07, 6.45) is 1.63. The van der Waals surface area contributed by atoms with Gasteiger partial charge in [-0.05, 0) is 28.8 Å². The van der Waals surface area contributed by atoms with E-state index in [1.807, 2.05) is 11.8 Å². The van der Waals surface area contributed by atoms with Crippen LogP contribution < -0.4 is 0 Å². The minimum absolute atomic E-state index is 0.248. The molecule has 0 unspecified atom stereocenters. The predicted octanol–water partition coefficient (Wildman–Crippen LogP) is 2.90. The molecule has 14 heavy (non-hydrogen) atoms. The molecule has 2 nitrogen and oxygen atoms in total. The molecule has 0 saturated heterocycles. The first-order valence-corrected chi connectivity index (χ1v) is 6.01. The number of nitrogens with zero attached hydrogens (tertiary/aromatic N) is 1. The second kappa shape index (κ2) is 5.81. The van der Waals surface area contributed by atoms with Crippen LogP contribution in [0.4, 0.5) is 0 Å². The summed E-state index contributed by atoms with van der Waals surface area (Å²) in [5.74, 6) is 0.248. The number of amides is 1. The van der Waals surface area contributed by atoms with Crippen molar-refractivity contribution in [2.24, 2.45) is 0 Å². The standard InChI is InChI=1S/C11H17NOS/c1-3-6-12(11(13)4-2)8-10-5-7-14-9-10/h5,7,9H,3-4,6,8H2,1-2H3. The van der Waals surface area contributed by atoms with Gasteiger partial charge in [0.05, 0.1) is 0 Å². The third-order valence-electron chi connectivity index (χ3n) is 2.10. The molecule has 0 bridgehead atoms. The number of rotatable bonds is 5. The molecule has 78 valence electrons. The van der Waals surface area contributed by atoms with Crippen LogP contribution in [0, 0.1) is 0 Å². The van der Waals surface area contributed by atoms with Crippen molar-refractivity contribution in [1.82, 2.24) is 4.90 Å². The van der Waals surface area contributed by atoms with Crippen LogP contribution in [0.15, 0.2) is 16.8 Å². The fourth-order valence-corrected chi connectivity index (χ4v) is 2.05. The zero-order valence-electron chi connectivity index (χ0n) is 8.82. The van der Waals surface area contributed by atoms with Gasteiger partial charge in [-0.1, -0.05) is 13.8 Å². The van der Waals surface area contributed by atoms with E-state index in [0.717, 1.165) is 19.5 Å². The normalized spacial score (nSPS) is 10.1. The lowest BCUT2D eigenvalue weighted by Gasteiger charge is -2.20. The molecule has 1 heterocycles. The molecule has 0 aliphatic rings. The maximum Gasteiger partial charge on any atom is 0.222 e. The topological polar surface area (TPSA) is 20.3 Å². The van der Waals surface area contributed by atoms with E-state index >= 15 is 0 Å². The number of thiophene rings is 1. The molecule has 1 aromatic heterocycles.